The normalized spacial score (nSPS) is 23.0. The fraction of sp³-hybridized carbons (Fsp3) is 0.500. The van der Waals surface area contributed by atoms with E-state index in [2.05, 4.69) is 5.32 Å². The lowest BCUT2D eigenvalue weighted by molar-refractivity contribution is -0.384. The maximum atomic E-state index is 11.0. The van der Waals surface area contributed by atoms with Crippen LogP contribution in [-0.4, -0.2) is 24.2 Å². The minimum Gasteiger partial charge on any atom is -0.379 e. The van der Waals surface area contributed by atoms with Gasteiger partial charge in [-0.1, -0.05) is 11.6 Å². The second kappa shape index (κ2) is 5.54. The third-order valence-electron chi connectivity index (χ3n) is 3.25. The van der Waals surface area contributed by atoms with E-state index in [4.69, 9.17) is 16.3 Å². The molecule has 6 heteroatoms. The maximum absolute atomic E-state index is 11.0. The van der Waals surface area contributed by atoms with Crippen LogP contribution in [0.2, 0.25) is 5.02 Å². The van der Waals surface area contributed by atoms with Gasteiger partial charge in [-0.2, -0.15) is 0 Å². The first-order valence-electron chi connectivity index (χ1n) is 5.85. The van der Waals surface area contributed by atoms with E-state index < -0.39 is 4.92 Å². The van der Waals surface area contributed by atoms with Gasteiger partial charge in [-0.25, -0.2) is 0 Å². The second-order valence-corrected chi connectivity index (χ2v) is 4.81. The van der Waals surface area contributed by atoms with Crippen LogP contribution in [0.4, 0.5) is 11.4 Å². The van der Waals surface area contributed by atoms with E-state index in [1.807, 2.05) is 0 Å². The minimum atomic E-state index is -0.426. The van der Waals surface area contributed by atoms with Gasteiger partial charge in [0.15, 0.2) is 0 Å². The summed E-state index contributed by atoms with van der Waals surface area (Å²) < 4.78 is 5.36. The van der Waals surface area contributed by atoms with E-state index in [0.717, 1.165) is 19.3 Å². The monoisotopic (exact) mass is 270 g/mol. The Morgan fingerprint density at radius 2 is 2.28 bits per heavy atom. The van der Waals surface area contributed by atoms with Gasteiger partial charge < -0.3 is 10.1 Å². The SMILES string of the molecule is COC1CCCC1Nc1ccc(Cl)cc1[N+](=O)[O-]. The Balaban J connectivity index is 2.20. The highest BCUT2D eigenvalue weighted by molar-refractivity contribution is 6.30. The molecule has 1 saturated carbocycles. The number of nitrogens with zero attached hydrogens (tertiary/aromatic N) is 1. The van der Waals surface area contributed by atoms with Crippen molar-refractivity contribution < 1.29 is 9.66 Å². The summed E-state index contributed by atoms with van der Waals surface area (Å²) in [6.45, 7) is 0. The number of benzene rings is 1. The van der Waals surface area contributed by atoms with Crippen molar-refractivity contribution >= 4 is 23.0 Å². The quantitative estimate of drug-likeness (QED) is 0.674. The highest BCUT2D eigenvalue weighted by Gasteiger charge is 2.28. The van der Waals surface area contributed by atoms with Crippen LogP contribution in [0.25, 0.3) is 0 Å². The van der Waals surface area contributed by atoms with E-state index in [0.29, 0.717) is 10.7 Å². The Labute approximate surface area is 110 Å². The Kier molecular flexibility index (Phi) is 4.04. The van der Waals surface area contributed by atoms with Gasteiger partial charge in [0.1, 0.15) is 5.69 Å². The third kappa shape index (κ3) is 2.73. The first-order valence-corrected chi connectivity index (χ1v) is 6.23. The van der Waals surface area contributed by atoms with Gasteiger partial charge in [0.25, 0.3) is 5.69 Å². The van der Waals surface area contributed by atoms with Gasteiger partial charge in [0.05, 0.1) is 17.1 Å². The molecule has 18 heavy (non-hydrogen) atoms. The Morgan fingerprint density at radius 1 is 1.50 bits per heavy atom. The van der Waals surface area contributed by atoms with Crippen LogP contribution < -0.4 is 5.32 Å². The Morgan fingerprint density at radius 3 is 2.94 bits per heavy atom. The van der Waals surface area contributed by atoms with Gasteiger partial charge in [-0.15, -0.1) is 0 Å². The van der Waals surface area contributed by atoms with Gasteiger partial charge in [-0.3, -0.25) is 10.1 Å². The van der Waals surface area contributed by atoms with Crippen molar-refractivity contribution in [3.63, 3.8) is 0 Å². The van der Waals surface area contributed by atoms with Crippen molar-refractivity contribution in [1.29, 1.82) is 0 Å². The molecule has 0 bridgehead atoms. The summed E-state index contributed by atoms with van der Waals surface area (Å²) in [5, 5.41) is 14.5. The van der Waals surface area contributed by atoms with E-state index >= 15 is 0 Å². The summed E-state index contributed by atoms with van der Waals surface area (Å²) in [5.74, 6) is 0. The molecule has 2 unspecified atom stereocenters. The highest BCUT2D eigenvalue weighted by Crippen LogP contribution is 2.31. The molecule has 0 aliphatic heterocycles. The van der Waals surface area contributed by atoms with E-state index in [9.17, 15) is 10.1 Å². The molecule has 1 aliphatic carbocycles. The Hall–Kier alpha value is -1.33. The van der Waals surface area contributed by atoms with Gasteiger partial charge >= 0.3 is 0 Å². The van der Waals surface area contributed by atoms with E-state index in [1.165, 1.54) is 6.07 Å². The van der Waals surface area contributed by atoms with Crippen LogP contribution >= 0.6 is 11.6 Å². The van der Waals surface area contributed by atoms with Crippen LogP contribution in [-0.2, 0) is 4.74 Å². The molecule has 0 spiro atoms. The lowest BCUT2D eigenvalue weighted by Crippen LogP contribution is -2.29. The largest absolute Gasteiger partial charge is 0.379 e. The van der Waals surface area contributed by atoms with Crippen molar-refractivity contribution in [3.05, 3.63) is 33.3 Å². The number of ether oxygens (including phenoxy) is 1. The van der Waals surface area contributed by atoms with E-state index in [-0.39, 0.29) is 17.8 Å². The summed E-state index contributed by atoms with van der Waals surface area (Å²) >= 11 is 5.78. The number of hydrogen-bond acceptors (Lipinski definition) is 4. The molecule has 98 valence electrons. The Bertz CT molecular complexity index is 453. The van der Waals surface area contributed by atoms with Crippen LogP contribution in [0.3, 0.4) is 0 Å². The molecule has 1 aliphatic rings. The lowest BCUT2D eigenvalue weighted by atomic mass is 10.2. The summed E-state index contributed by atoms with van der Waals surface area (Å²) in [4.78, 5) is 10.5. The summed E-state index contributed by atoms with van der Waals surface area (Å²) in [5.41, 5.74) is 0.502. The molecule has 0 aromatic heterocycles. The predicted octanol–water partition coefficient (Wildman–Crippen LogP) is 3.23. The smallest absolute Gasteiger partial charge is 0.293 e. The second-order valence-electron chi connectivity index (χ2n) is 4.37. The van der Waals surface area contributed by atoms with E-state index in [1.54, 1.807) is 19.2 Å². The molecule has 2 rings (SSSR count). The zero-order valence-corrected chi connectivity index (χ0v) is 10.8. The van der Waals surface area contributed by atoms with Crippen molar-refractivity contribution in [2.24, 2.45) is 0 Å². The van der Waals surface area contributed by atoms with Crippen molar-refractivity contribution in [2.75, 3.05) is 12.4 Å². The summed E-state index contributed by atoms with van der Waals surface area (Å²) in [7, 11) is 1.67. The standard InChI is InChI=1S/C12H15ClN2O3/c1-18-12-4-2-3-10(12)14-9-6-5-8(13)7-11(9)15(16)17/h5-7,10,12,14H,2-4H2,1H3. The van der Waals surface area contributed by atoms with Crippen LogP contribution in [0.1, 0.15) is 19.3 Å². The zero-order valence-electron chi connectivity index (χ0n) is 10.1. The van der Waals surface area contributed by atoms with Crippen LogP contribution in [0.15, 0.2) is 18.2 Å². The molecule has 1 aromatic rings. The molecular formula is C12H15ClN2O3. The molecule has 0 saturated heterocycles. The third-order valence-corrected chi connectivity index (χ3v) is 3.49. The average Bonchev–Trinajstić information content (AvgIpc) is 2.78. The number of halogens is 1. The molecule has 2 atom stereocenters. The lowest BCUT2D eigenvalue weighted by Gasteiger charge is -2.20. The molecule has 0 heterocycles. The number of nitro benzene ring substituents is 1. The number of nitro groups is 1. The number of hydrogen-bond donors (Lipinski definition) is 1. The zero-order chi connectivity index (χ0) is 13.1. The van der Waals surface area contributed by atoms with Gasteiger partial charge in [0.2, 0.25) is 0 Å². The van der Waals surface area contributed by atoms with Crippen molar-refractivity contribution in [1.82, 2.24) is 0 Å². The fourth-order valence-corrected chi connectivity index (χ4v) is 2.52. The molecule has 0 radical (unpaired) electrons. The summed E-state index contributed by atoms with van der Waals surface area (Å²) in [6.07, 6.45) is 3.12. The average molecular weight is 271 g/mol. The molecule has 5 nitrogen and oxygen atoms in total. The van der Waals surface area contributed by atoms with Gasteiger partial charge in [-0.05, 0) is 31.4 Å². The first-order chi connectivity index (χ1) is 8.61. The number of methoxy groups -OCH3 is 1. The number of anilines is 1. The van der Waals surface area contributed by atoms with Crippen molar-refractivity contribution in [2.45, 2.75) is 31.4 Å². The molecular weight excluding hydrogens is 256 g/mol. The maximum Gasteiger partial charge on any atom is 0.293 e. The van der Waals surface area contributed by atoms with Gasteiger partial charge in [0, 0.05) is 18.2 Å². The molecule has 1 N–H and O–H groups in total. The summed E-state index contributed by atoms with van der Waals surface area (Å²) in [6, 6.07) is 4.77. The molecule has 1 aromatic carbocycles. The number of nitrogens with one attached hydrogen (secondary N) is 1. The predicted molar refractivity (Wildman–Crippen MR) is 70.2 cm³/mol. The first kappa shape index (κ1) is 13.1. The molecule has 1 fully saturated rings. The van der Waals surface area contributed by atoms with Crippen LogP contribution in [0, 0.1) is 10.1 Å². The molecule has 0 amide bonds. The minimum absolute atomic E-state index is 0.00394. The fourth-order valence-electron chi connectivity index (χ4n) is 2.35. The highest BCUT2D eigenvalue weighted by atomic mass is 35.5. The topological polar surface area (TPSA) is 64.4 Å². The van der Waals surface area contributed by atoms with Crippen LogP contribution in [0.5, 0.6) is 0 Å². The number of rotatable bonds is 4. The van der Waals surface area contributed by atoms with Crippen molar-refractivity contribution in [3.8, 4) is 0 Å².